The van der Waals surface area contributed by atoms with Crippen LogP contribution < -0.4 is 11.1 Å². The van der Waals surface area contributed by atoms with Crippen LogP contribution in [-0.2, 0) is 20.8 Å². The number of aryl methyl sites for hydroxylation is 1. The molecule has 122 valence electrons. The molecule has 2 atom stereocenters. The predicted molar refractivity (Wildman–Crippen MR) is 84.2 cm³/mol. The normalized spacial score (nSPS) is 13.3. The van der Waals surface area contributed by atoms with Gasteiger partial charge >= 0.3 is 0 Å². The Balaban J connectivity index is 2.62. The first-order valence-corrected chi connectivity index (χ1v) is 7.79. The summed E-state index contributed by atoms with van der Waals surface area (Å²) in [5, 5.41) is 5.32. The molecular weight excluding hydrogens is 304 g/mol. The van der Waals surface area contributed by atoms with E-state index in [1.807, 2.05) is 12.3 Å². The topological polar surface area (TPSA) is 105 Å². The average molecular weight is 326 g/mol. The Kier molecular flexibility index (Phi) is 6.48. The van der Waals surface area contributed by atoms with E-state index in [1.165, 1.54) is 16.2 Å². The van der Waals surface area contributed by atoms with Crippen LogP contribution in [-0.4, -0.2) is 47.7 Å². The van der Waals surface area contributed by atoms with Crippen molar-refractivity contribution in [2.24, 2.45) is 11.7 Å². The Morgan fingerprint density at radius 2 is 2.05 bits per heavy atom. The van der Waals surface area contributed by atoms with Gasteiger partial charge in [0.25, 0.3) is 0 Å². The number of amides is 3. The van der Waals surface area contributed by atoms with Gasteiger partial charge in [-0.15, -0.1) is 11.3 Å². The van der Waals surface area contributed by atoms with Crippen LogP contribution in [0, 0.1) is 12.8 Å². The second-order valence-electron chi connectivity index (χ2n) is 5.44. The van der Waals surface area contributed by atoms with E-state index >= 15 is 0 Å². The lowest BCUT2D eigenvalue weighted by Crippen LogP contribution is -2.48. The van der Waals surface area contributed by atoms with Crippen LogP contribution >= 0.6 is 11.3 Å². The highest BCUT2D eigenvalue weighted by atomic mass is 32.1. The molecule has 7 nitrogen and oxygen atoms in total. The van der Waals surface area contributed by atoms with Crippen molar-refractivity contribution in [1.82, 2.24) is 15.2 Å². The van der Waals surface area contributed by atoms with Crippen LogP contribution in [0.4, 0.5) is 0 Å². The summed E-state index contributed by atoms with van der Waals surface area (Å²) in [6.45, 7) is 3.64. The minimum absolute atomic E-state index is 0.142. The van der Waals surface area contributed by atoms with Crippen molar-refractivity contribution in [3.05, 3.63) is 16.1 Å². The predicted octanol–water partition coefficient (Wildman–Crippen LogP) is 0.0785. The van der Waals surface area contributed by atoms with Crippen LogP contribution in [0.5, 0.6) is 0 Å². The number of nitrogens with one attached hydrogen (secondary N) is 1. The van der Waals surface area contributed by atoms with E-state index in [1.54, 1.807) is 21.0 Å². The van der Waals surface area contributed by atoms with Crippen molar-refractivity contribution >= 4 is 29.1 Å². The number of nitrogens with two attached hydrogens (primary N) is 1. The first-order valence-electron chi connectivity index (χ1n) is 6.91. The van der Waals surface area contributed by atoms with E-state index in [2.05, 4.69) is 10.3 Å². The van der Waals surface area contributed by atoms with Gasteiger partial charge in [-0.25, -0.2) is 4.98 Å². The van der Waals surface area contributed by atoms with Gasteiger partial charge in [-0.1, -0.05) is 6.92 Å². The minimum atomic E-state index is -0.997. The summed E-state index contributed by atoms with van der Waals surface area (Å²) >= 11 is 1.49. The number of primary amides is 1. The summed E-state index contributed by atoms with van der Waals surface area (Å²) in [5.74, 6) is -1.67. The van der Waals surface area contributed by atoms with E-state index in [0.717, 1.165) is 10.7 Å². The summed E-state index contributed by atoms with van der Waals surface area (Å²) in [7, 11) is 3.16. The van der Waals surface area contributed by atoms with E-state index in [0.29, 0.717) is 6.42 Å². The van der Waals surface area contributed by atoms with Crippen LogP contribution in [0.3, 0.4) is 0 Å². The van der Waals surface area contributed by atoms with E-state index in [4.69, 9.17) is 5.73 Å². The Morgan fingerprint density at radius 1 is 1.41 bits per heavy atom. The highest BCUT2D eigenvalue weighted by molar-refractivity contribution is 7.09. The molecule has 1 heterocycles. The molecule has 0 aliphatic heterocycles. The number of hydrogen-bond acceptors (Lipinski definition) is 5. The number of nitrogens with zero attached hydrogens (tertiary/aromatic N) is 2. The first kappa shape index (κ1) is 18.1. The van der Waals surface area contributed by atoms with Crippen LogP contribution in [0.2, 0.25) is 0 Å². The molecule has 1 aromatic rings. The smallest absolute Gasteiger partial charge is 0.240 e. The maximum atomic E-state index is 12.2. The number of rotatable bonds is 7. The fourth-order valence-corrected chi connectivity index (χ4v) is 2.65. The maximum Gasteiger partial charge on any atom is 0.240 e. The Bertz CT molecular complexity index is 556. The summed E-state index contributed by atoms with van der Waals surface area (Å²) < 4.78 is 0. The second-order valence-corrected chi connectivity index (χ2v) is 6.39. The Labute approximate surface area is 133 Å². The van der Waals surface area contributed by atoms with Crippen LogP contribution in [0.15, 0.2) is 5.38 Å². The lowest BCUT2D eigenvalue weighted by molar-refractivity contribution is -0.134. The van der Waals surface area contributed by atoms with Crippen molar-refractivity contribution < 1.29 is 14.4 Å². The SMILES string of the molecule is Cc1csc(CC(C)C(=O)NC(CC(=O)N(C)C)C(N)=O)n1. The molecule has 2 unspecified atom stereocenters. The number of hydrogen-bond donors (Lipinski definition) is 2. The van der Waals surface area contributed by atoms with Gasteiger partial charge in [-0.2, -0.15) is 0 Å². The lowest BCUT2D eigenvalue weighted by atomic mass is 10.1. The monoisotopic (exact) mass is 326 g/mol. The highest BCUT2D eigenvalue weighted by Crippen LogP contribution is 2.14. The van der Waals surface area contributed by atoms with E-state index < -0.39 is 11.9 Å². The number of aromatic nitrogens is 1. The van der Waals surface area contributed by atoms with E-state index in [-0.39, 0.29) is 24.2 Å². The molecule has 22 heavy (non-hydrogen) atoms. The lowest BCUT2D eigenvalue weighted by Gasteiger charge is -2.19. The first-order chi connectivity index (χ1) is 10.2. The molecule has 0 saturated heterocycles. The maximum absolute atomic E-state index is 12.2. The fraction of sp³-hybridized carbons (Fsp3) is 0.571. The molecule has 8 heteroatoms. The average Bonchev–Trinajstić information content (AvgIpc) is 2.82. The molecule has 3 amide bonds. The van der Waals surface area contributed by atoms with Gasteiger partial charge in [0.2, 0.25) is 17.7 Å². The molecule has 0 aliphatic rings. The zero-order chi connectivity index (χ0) is 16.9. The fourth-order valence-electron chi connectivity index (χ4n) is 1.75. The molecule has 0 spiro atoms. The molecule has 0 bridgehead atoms. The Hall–Kier alpha value is -1.96. The molecule has 1 rings (SSSR count). The van der Waals surface area contributed by atoms with Crippen molar-refractivity contribution in [2.45, 2.75) is 32.7 Å². The summed E-state index contributed by atoms with van der Waals surface area (Å²) in [6, 6.07) is -0.997. The summed E-state index contributed by atoms with van der Waals surface area (Å²) in [6.07, 6.45) is 0.342. The van der Waals surface area contributed by atoms with Crippen molar-refractivity contribution in [3.63, 3.8) is 0 Å². The number of carbonyl (C=O) groups excluding carboxylic acids is 3. The third-order valence-electron chi connectivity index (χ3n) is 3.13. The van der Waals surface area contributed by atoms with Gasteiger partial charge in [0.05, 0.1) is 11.4 Å². The molecule has 0 aromatic carbocycles. The minimum Gasteiger partial charge on any atom is -0.368 e. The third kappa shape index (κ3) is 5.44. The van der Waals surface area contributed by atoms with Crippen molar-refractivity contribution in [2.75, 3.05) is 14.1 Å². The largest absolute Gasteiger partial charge is 0.368 e. The second kappa shape index (κ2) is 7.88. The summed E-state index contributed by atoms with van der Waals surface area (Å²) in [4.78, 5) is 40.9. The molecule has 0 fully saturated rings. The van der Waals surface area contributed by atoms with Crippen LogP contribution in [0.1, 0.15) is 24.0 Å². The quantitative estimate of drug-likeness (QED) is 0.740. The molecule has 0 aliphatic carbocycles. The zero-order valence-corrected chi connectivity index (χ0v) is 14.1. The van der Waals surface area contributed by atoms with Gasteiger partial charge in [0.15, 0.2) is 0 Å². The number of thiazole rings is 1. The van der Waals surface area contributed by atoms with Crippen molar-refractivity contribution in [1.29, 1.82) is 0 Å². The van der Waals surface area contributed by atoms with Gasteiger partial charge in [0.1, 0.15) is 6.04 Å². The van der Waals surface area contributed by atoms with Crippen molar-refractivity contribution in [3.8, 4) is 0 Å². The molecule has 3 N–H and O–H groups in total. The zero-order valence-electron chi connectivity index (χ0n) is 13.3. The van der Waals surface area contributed by atoms with Gasteiger partial charge in [0, 0.05) is 37.5 Å². The molecule has 0 radical (unpaired) electrons. The van der Waals surface area contributed by atoms with E-state index in [9.17, 15) is 14.4 Å². The third-order valence-corrected chi connectivity index (χ3v) is 4.12. The molecule has 0 saturated carbocycles. The number of carbonyl (C=O) groups is 3. The highest BCUT2D eigenvalue weighted by Gasteiger charge is 2.25. The van der Waals surface area contributed by atoms with Gasteiger partial charge in [-0.05, 0) is 6.92 Å². The van der Waals surface area contributed by atoms with Gasteiger partial charge < -0.3 is 16.0 Å². The molecular formula is C14H22N4O3S. The van der Waals surface area contributed by atoms with Crippen LogP contribution in [0.25, 0.3) is 0 Å². The summed E-state index contributed by atoms with van der Waals surface area (Å²) in [5.41, 5.74) is 6.17. The Morgan fingerprint density at radius 3 is 2.50 bits per heavy atom. The molecule has 1 aromatic heterocycles. The standard InChI is InChI=1S/C14H22N4O3S/c1-8(5-11-16-9(2)7-22-11)14(21)17-10(13(15)20)6-12(19)18(3)4/h7-8,10H,5-6H2,1-4H3,(H2,15,20)(H,17,21). The van der Waals surface area contributed by atoms with Gasteiger partial charge in [-0.3, -0.25) is 14.4 Å².